The van der Waals surface area contributed by atoms with E-state index in [1.165, 1.54) is 12.8 Å². The number of benzene rings is 1. The van der Waals surface area contributed by atoms with Gasteiger partial charge in [-0.15, -0.1) is 0 Å². The van der Waals surface area contributed by atoms with Crippen LogP contribution in [0.25, 0.3) is 28.5 Å². The molecule has 1 N–H and O–H groups in total. The predicted octanol–water partition coefficient (Wildman–Crippen LogP) is 3.05. The molecule has 0 radical (unpaired) electrons. The smallest absolute Gasteiger partial charge is 0.355 e. The van der Waals surface area contributed by atoms with Crippen LogP contribution in [-0.4, -0.2) is 29.5 Å². The molecule has 8 nitrogen and oxygen atoms in total. The second kappa shape index (κ2) is 5.68. The molecule has 0 unspecified atom stereocenters. The Morgan fingerprint density at radius 3 is 3.00 bits per heavy atom. The zero-order valence-electron chi connectivity index (χ0n) is 14.7. The van der Waals surface area contributed by atoms with Gasteiger partial charge in [0, 0.05) is 29.1 Å². The molecule has 6 rings (SSSR count). The topological polar surface area (TPSA) is 94.5 Å². The van der Waals surface area contributed by atoms with Crippen molar-refractivity contribution in [3.05, 3.63) is 57.5 Å². The summed E-state index contributed by atoms with van der Waals surface area (Å²) in [6, 6.07) is 5.83. The van der Waals surface area contributed by atoms with Crippen molar-refractivity contribution in [2.75, 3.05) is 0 Å². The Balaban J connectivity index is 1.60. The second-order valence-electron chi connectivity index (χ2n) is 7.32. The maximum Gasteiger partial charge on any atom is 0.377 e. The number of hydrogen-bond donors (Lipinski definition) is 1. The van der Waals surface area contributed by atoms with Gasteiger partial charge in [0.2, 0.25) is 0 Å². The molecule has 140 valence electrons. The summed E-state index contributed by atoms with van der Waals surface area (Å²) in [7, 11) is 0. The highest BCUT2D eigenvalue weighted by atomic mass is 35.5. The Hall–Kier alpha value is -3.13. The van der Waals surface area contributed by atoms with Gasteiger partial charge in [-0.3, -0.25) is 4.68 Å². The summed E-state index contributed by atoms with van der Waals surface area (Å²) >= 11 is 6.35. The summed E-state index contributed by atoms with van der Waals surface area (Å²) in [5, 5.41) is 7.57. The Morgan fingerprint density at radius 2 is 2.21 bits per heavy atom. The Labute approximate surface area is 163 Å². The lowest BCUT2D eigenvalue weighted by molar-refractivity contribution is 0.423. The third kappa shape index (κ3) is 2.37. The molecule has 9 heteroatoms. The van der Waals surface area contributed by atoms with E-state index in [-0.39, 0.29) is 5.89 Å². The van der Waals surface area contributed by atoms with Crippen molar-refractivity contribution in [1.29, 1.82) is 0 Å². The van der Waals surface area contributed by atoms with E-state index in [9.17, 15) is 4.79 Å². The third-order valence-electron chi connectivity index (χ3n) is 5.38. The minimum Gasteiger partial charge on any atom is -0.355 e. The van der Waals surface area contributed by atoms with Crippen LogP contribution in [0.5, 0.6) is 0 Å². The molecule has 0 amide bonds. The molecule has 1 aliphatic carbocycles. The summed E-state index contributed by atoms with van der Waals surface area (Å²) in [4.78, 5) is 19.8. The fourth-order valence-corrected chi connectivity index (χ4v) is 4.07. The van der Waals surface area contributed by atoms with E-state index < -0.39 is 5.69 Å². The first-order valence-electron chi connectivity index (χ1n) is 9.14. The fraction of sp³-hybridized carbons (Fsp3) is 0.263. The molecule has 1 fully saturated rings. The summed E-state index contributed by atoms with van der Waals surface area (Å²) < 4.78 is 9.32. The van der Waals surface area contributed by atoms with E-state index in [2.05, 4.69) is 24.9 Å². The number of nitrogens with zero attached hydrogens (tertiary/aromatic N) is 5. The van der Waals surface area contributed by atoms with Crippen molar-refractivity contribution in [2.24, 2.45) is 5.92 Å². The lowest BCUT2D eigenvalue weighted by Gasteiger charge is -2.13. The molecule has 0 saturated heterocycles. The molecule has 4 aromatic rings. The summed E-state index contributed by atoms with van der Waals surface area (Å²) in [6.45, 7) is 0.912. The zero-order valence-corrected chi connectivity index (χ0v) is 15.5. The zero-order chi connectivity index (χ0) is 18.8. The van der Waals surface area contributed by atoms with E-state index in [0.717, 1.165) is 34.7 Å². The van der Waals surface area contributed by atoms with Gasteiger partial charge in [-0.1, -0.05) is 11.6 Å². The van der Waals surface area contributed by atoms with Crippen LogP contribution in [0.1, 0.15) is 24.1 Å². The van der Waals surface area contributed by atoms with Gasteiger partial charge in [0.25, 0.3) is 5.89 Å². The summed E-state index contributed by atoms with van der Waals surface area (Å²) in [5.74, 6) is 0.882. The minimum atomic E-state index is -0.532. The lowest BCUT2D eigenvalue weighted by atomic mass is 10.0. The van der Waals surface area contributed by atoms with E-state index >= 15 is 0 Å². The molecule has 1 saturated carbocycles. The molecule has 0 spiro atoms. The van der Waals surface area contributed by atoms with Crippen LogP contribution in [-0.2, 0) is 13.0 Å². The van der Waals surface area contributed by atoms with Crippen molar-refractivity contribution in [1.82, 2.24) is 29.5 Å². The number of aromatic amines is 1. The van der Waals surface area contributed by atoms with Gasteiger partial charge < -0.3 is 9.09 Å². The van der Waals surface area contributed by atoms with Crippen LogP contribution in [0.2, 0.25) is 5.02 Å². The van der Waals surface area contributed by atoms with Gasteiger partial charge in [0.05, 0.1) is 23.3 Å². The quantitative estimate of drug-likeness (QED) is 0.507. The Kier molecular flexibility index (Phi) is 3.22. The second-order valence-corrected chi connectivity index (χ2v) is 7.75. The number of halogens is 1. The van der Waals surface area contributed by atoms with Gasteiger partial charge in [-0.2, -0.15) is 15.2 Å². The van der Waals surface area contributed by atoms with Crippen LogP contribution in [0, 0.1) is 5.92 Å². The molecule has 0 bridgehead atoms. The molecule has 1 aliphatic heterocycles. The first kappa shape index (κ1) is 15.9. The number of aromatic nitrogens is 6. The molecule has 4 heterocycles. The van der Waals surface area contributed by atoms with E-state index in [1.807, 2.05) is 29.0 Å². The summed E-state index contributed by atoms with van der Waals surface area (Å²) in [6.07, 6.45) is 6.75. The fourth-order valence-electron chi connectivity index (χ4n) is 3.90. The van der Waals surface area contributed by atoms with Crippen LogP contribution in [0.3, 0.4) is 0 Å². The van der Waals surface area contributed by atoms with Crippen molar-refractivity contribution in [2.45, 2.75) is 25.8 Å². The van der Waals surface area contributed by atoms with Crippen molar-refractivity contribution in [3.8, 4) is 28.5 Å². The van der Waals surface area contributed by atoms with Crippen molar-refractivity contribution >= 4 is 11.6 Å². The minimum absolute atomic E-state index is 0.183. The van der Waals surface area contributed by atoms with Gasteiger partial charge >= 0.3 is 5.69 Å². The SMILES string of the molecule is O=c1nc(-c2ncn3c2Cc2cnn(CC4CC4)c2-c2cc(Cl)ccc2-3)o[nH]1. The Bertz CT molecular complexity index is 1280. The monoisotopic (exact) mass is 394 g/mol. The molecule has 3 aromatic heterocycles. The van der Waals surface area contributed by atoms with E-state index in [1.54, 1.807) is 6.33 Å². The van der Waals surface area contributed by atoms with Gasteiger partial charge in [0.1, 0.15) is 6.33 Å². The molecule has 0 atom stereocenters. The predicted molar refractivity (Wildman–Crippen MR) is 101 cm³/mol. The lowest BCUT2D eigenvalue weighted by Crippen LogP contribution is -2.05. The number of H-pyrrole nitrogens is 1. The first-order valence-corrected chi connectivity index (χ1v) is 9.52. The van der Waals surface area contributed by atoms with E-state index in [4.69, 9.17) is 16.1 Å². The van der Waals surface area contributed by atoms with Crippen molar-refractivity contribution in [3.63, 3.8) is 0 Å². The van der Waals surface area contributed by atoms with Gasteiger partial charge in [0.15, 0.2) is 5.69 Å². The van der Waals surface area contributed by atoms with Crippen LogP contribution >= 0.6 is 11.6 Å². The highest BCUT2D eigenvalue weighted by Gasteiger charge is 2.30. The van der Waals surface area contributed by atoms with Gasteiger partial charge in [-0.05, 0) is 37.0 Å². The number of imidazole rings is 1. The number of nitrogens with one attached hydrogen (secondary N) is 1. The first-order chi connectivity index (χ1) is 13.7. The van der Waals surface area contributed by atoms with Crippen LogP contribution in [0.4, 0.5) is 0 Å². The maximum absolute atomic E-state index is 11.4. The molecule has 28 heavy (non-hydrogen) atoms. The normalized spacial score (nSPS) is 15.0. The number of hydrogen-bond acceptors (Lipinski definition) is 5. The standard InChI is InChI=1S/C19H15ClN6O2/c20-12-3-4-14-13(6-12)17-11(7-22-26(17)8-10-1-2-10)5-15-16(21-9-25(14)15)18-23-19(27)24-28-18/h3-4,6-7,9-10H,1-2,5,8H2,(H,24,27). The number of fused-ring (bicyclic) bond motifs is 5. The van der Waals surface area contributed by atoms with Crippen LogP contribution in [0.15, 0.2) is 40.0 Å². The van der Waals surface area contributed by atoms with Crippen LogP contribution < -0.4 is 5.69 Å². The molecule has 2 aliphatic rings. The third-order valence-corrected chi connectivity index (χ3v) is 5.62. The Morgan fingerprint density at radius 1 is 1.32 bits per heavy atom. The highest BCUT2D eigenvalue weighted by molar-refractivity contribution is 6.31. The highest BCUT2D eigenvalue weighted by Crippen LogP contribution is 2.40. The van der Waals surface area contributed by atoms with Crippen molar-refractivity contribution < 1.29 is 4.52 Å². The van der Waals surface area contributed by atoms with Gasteiger partial charge in [-0.25, -0.2) is 9.78 Å². The maximum atomic E-state index is 11.4. The largest absolute Gasteiger partial charge is 0.377 e. The average Bonchev–Trinajstić information content (AvgIpc) is 3.08. The number of rotatable bonds is 3. The molecular weight excluding hydrogens is 380 g/mol. The van der Waals surface area contributed by atoms with E-state index in [0.29, 0.717) is 23.1 Å². The average molecular weight is 395 g/mol. The molecular formula is C19H15ClN6O2. The summed E-state index contributed by atoms with van der Waals surface area (Å²) in [5.41, 5.74) is 5.06. The molecule has 1 aromatic carbocycles.